The first-order chi connectivity index (χ1) is 8.15. The van der Waals surface area contributed by atoms with Gasteiger partial charge in [-0.1, -0.05) is 25.4 Å². The van der Waals surface area contributed by atoms with Crippen LogP contribution in [0, 0.1) is 0 Å². The summed E-state index contributed by atoms with van der Waals surface area (Å²) in [6, 6.07) is 4.43. The third kappa shape index (κ3) is 3.56. The van der Waals surface area contributed by atoms with Crippen molar-refractivity contribution in [1.29, 1.82) is 0 Å². The fraction of sp³-hybridized carbons (Fsp3) is 0.417. The number of halogens is 1. The van der Waals surface area contributed by atoms with Crippen LogP contribution in [0.1, 0.15) is 19.7 Å². The van der Waals surface area contributed by atoms with Crippen LogP contribution in [0.5, 0.6) is 0 Å². The van der Waals surface area contributed by atoms with Gasteiger partial charge in [0.15, 0.2) is 0 Å². The topological polar surface area (TPSA) is 40.7 Å². The van der Waals surface area contributed by atoms with Gasteiger partial charge in [0, 0.05) is 19.0 Å². The zero-order valence-corrected chi connectivity index (χ0v) is 11.5. The number of thiophene rings is 1. The van der Waals surface area contributed by atoms with E-state index in [1.807, 2.05) is 18.3 Å². The van der Waals surface area contributed by atoms with Gasteiger partial charge in [0.1, 0.15) is 5.82 Å². The smallest absolute Gasteiger partial charge is 0.107 e. The second-order valence-electron chi connectivity index (χ2n) is 4.21. The molecule has 2 aromatic rings. The van der Waals surface area contributed by atoms with Gasteiger partial charge < -0.3 is 10.3 Å². The van der Waals surface area contributed by atoms with Crippen LogP contribution in [-0.2, 0) is 6.42 Å². The number of hydrogen-bond acceptors (Lipinski definition) is 3. The molecule has 2 aromatic heterocycles. The van der Waals surface area contributed by atoms with Gasteiger partial charge >= 0.3 is 0 Å². The van der Waals surface area contributed by atoms with Gasteiger partial charge in [0.05, 0.1) is 21.1 Å². The van der Waals surface area contributed by atoms with Crippen molar-refractivity contribution in [2.45, 2.75) is 26.3 Å². The first-order valence-corrected chi connectivity index (χ1v) is 6.87. The fourth-order valence-corrected chi connectivity index (χ4v) is 2.56. The zero-order valence-electron chi connectivity index (χ0n) is 9.96. The lowest BCUT2D eigenvalue weighted by Gasteiger charge is -2.05. The van der Waals surface area contributed by atoms with Crippen molar-refractivity contribution in [1.82, 2.24) is 15.3 Å². The number of aromatic nitrogens is 2. The molecule has 0 saturated carbocycles. The third-order valence-corrected chi connectivity index (χ3v) is 3.65. The molecule has 17 heavy (non-hydrogen) atoms. The van der Waals surface area contributed by atoms with Crippen molar-refractivity contribution < 1.29 is 0 Å². The van der Waals surface area contributed by atoms with E-state index in [0.717, 1.165) is 33.7 Å². The Bertz CT molecular complexity index is 476. The number of nitrogens with zero attached hydrogens (tertiary/aromatic N) is 1. The van der Waals surface area contributed by atoms with E-state index >= 15 is 0 Å². The van der Waals surface area contributed by atoms with E-state index in [1.54, 1.807) is 11.3 Å². The summed E-state index contributed by atoms with van der Waals surface area (Å²) in [5.74, 6) is 1.01. The quantitative estimate of drug-likeness (QED) is 0.874. The van der Waals surface area contributed by atoms with Crippen molar-refractivity contribution in [2.75, 3.05) is 6.54 Å². The first-order valence-electron chi connectivity index (χ1n) is 5.68. The summed E-state index contributed by atoms with van der Waals surface area (Å²) in [6.45, 7) is 5.22. The second-order valence-corrected chi connectivity index (χ2v) is 5.92. The van der Waals surface area contributed by atoms with Crippen LogP contribution in [0.25, 0.3) is 10.6 Å². The van der Waals surface area contributed by atoms with E-state index in [9.17, 15) is 0 Å². The van der Waals surface area contributed by atoms with Crippen molar-refractivity contribution in [3.8, 4) is 10.6 Å². The molecular formula is C12H16ClN3S. The number of H-pyrrole nitrogens is 1. The molecule has 0 amide bonds. The summed E-state index contributed by atoms with van der Waals surface area (Å²) in [6.07, 6.45) is 2.78. The predicted octanol–water partition coefficient (Wildman–Crippen LogP) is 3.33. The Morgan fingerprint density at radius 1 is 1.47 bits per heavy atom. The van der Waals surface area contributed by atoms with Crippen LogP contribution in [0.15, 0.2) is 18.3 Å². The van der Waals surface area contributed by atoms with E-state index in [4.69, 9.17) is 11.6 Å². The van der Waals surface area contributed by atoms with Crippen LogP contribution in [-0.4, -0.2) is 22.6 Å². The molecule has 0 spiro atoms. The Hall–Kier alpha value is -0.840. The Kier molecular flexibility index (Phi) is 4.20. The molecule has 0 fully saturated rings. The maximum absolute atomic E-state index is 5.91. The minimum absolute atomic E-state index is 0.514. The Morgan fingerprint density at radius 3 is 2.94 bits per heavy atom. The highest BCUT2D eigenvalue weighted by atomic mass is 35.5. The van der Waals surface area contributed by atoms with Gasteiger partial charge in [-0.2, -0.15) is 0 Å². The van der Waals surface area contributed by atoms with Gasteiger partial charge in [-0.15, -0.1) is 11.3 Å². The van der Waals surface area contributed by atoms with Crippen LogP contribution < -0.4 is 5.32 Å². The molecule has 0 bridgehead atoms. The molecule has 0 aliphatic heterocycles. The average molecular weight is 270 g/mol. The lowest BCUT2D eigenvalue weighted by Crippen LogP contribution is -2.25. The van der Waals surface area contributed by atoms with Gasteiger partial charge in [0.2, 0.25) is 0 Å². The molecule has 2 rings (SSSR count). The lowest BCUT2D eigenvalue weighted by molar-refractivity contribution is 0.584. The van der Waals surface area contributed by atoms with Crippen LogP contribution >= 0.6 is 22.9 Å². The van der Waals surface area contributed by atoms with Gasteiger partial charge in [-0.25, -0.2) is 4.98 Å². The second kappa shape index (κ2) is 5.67. The number of nitrogens with one attached hydrogen (secondary N) is 2. The molecule has 0 aromatic carbocycles. The van der Waals surface area contributed by atoms with E-state index in [1.165, 1.54) is 0 Å². The molecule has 0 unspecified atom stereocenters. The van der Waals surface area contributed by atoms with Crippen molar-refractivity contribution in [3.63, 3.8) is 0 Å². The molecule has 0 saturated heterocycles. The molecule has 5 heteroatoms. The lowest BCUT2D eigenvalue weighted by atomic mass is 10.3. The fourth-order valence-electron chi connectivity index (χ4n) is 1.55. The molecule has 3 nitrogen and oxygen atoms in total. The SMILES string of the molecule is CC(C)NCCc1ncc(-c2ccc(Cl)s2)[nH]1. The Morgan fingerprint density at radius 2 is 2.29 bits per heavy atom. The van der Waals surface area contributed by atoms with E-state index in [0.29, 0.717) is 6.04 Å². The van der Waals surface area contributed by atoms with Crippen LogP contribution in [0.4, 0.5) is 0 Å². The molecule has 0 aliphatic carbocycles. The molecular weight excluding hydrogens is 254 g/mol. The summed E-state index contributed by atoms with van der Waals surface area (Å²) in [5.41, 5.74) is 1.04. The number of rotatable bonds is 5. The minimum Gasteiger partial charge on any atom is -0.341 e. The molecule has 92 valence electrons. The standard InChI is InChI=1S/C12H16ClN3S/c1-8(2)14-6-5-12-15-7-9(16-12)10-3-4-11(13)17-10/h3-4,7-8,14H,5-6H2,1-2H3,(H,15,16). The average Bonchev–Trinajstić information content (AvgIpc) is 2.86. The van der Waals surface area contributed by atoms with Gasteiger partial charge in [-0.05, 0) is 12.1 Å². The van der Waals surface area contributed by atoms with E-state index < -0.39 is 0 Å². The summed E-state index contributed by atoms with van der Waals surface area (Å²) in [7, 11) is 0. The van der Waals surface area contributed by atoms with Crippen LogP contribution in [0.3, 0.4) is 0 Å². The number of aromatic amines is 1. The Labute approximate surface area is 110 Å². The van der Waals surface area contributed by atoms with E-state index in [2.05, 4.69) is 29.1 Å². The maximum Gasteiger partial charge on any atom is 0.107 e. The largest absolute Gasteiger partial charge is 0.341 e. The highest BCUT2D eigenvalue weighted by molar-refractivity contribution is 7.19. The maximum atomic E-state index is 5.91. The summed E-state index contributed by atoms with van der Waals surface area (Å²) in [5, 5.41) is 3.37. The van der Waals surface area contributed by atoms with Crippen LogP contribution in [0.2, 0.25) is 4.34 Å². The molecule has 2 N–H and O–H groups in total. The van der Waals surface area contributed by atoms with Gasteiger partial charge in [-0.3, -0.25) is 0 Å². The van der Waals surface area contributed by atoms with Gasteiger partial charge in [0.25, 0.3) is 0 Å². The molecule has 0 radical (unpaired) electrons. The molecule has 0 atom stereocenters. The number of hydrogen-bond donors (Lipinski definition) is 2. The summed E-state index contributed by atoms with van der Waals surface area (Å²) < 4.78 is 0.803. The minimum atomic E-state index is 0.514. The highest BCUT2D eigenvalue weighted by Gasteiger charge is 2.05. The first kappa shape index (κ1) is 12.6. The normalized spacial score (nSPS) is 11.3. The van der Waals surface area contributed by atoms with E-state index in [-0.39, 0.29) is 0 Å². The molecule has 0 aliphatic rings. The van der Waals surface area contributed by atoms with Crippen molar-refractivity contribution >= 4 is 22.9 Å². The zero-order chi connectivity index (χ0) is 12.3. The predicted molar refractivity (Wildman–Crippen MR) is 73.8 cm³/mol. The monoisotopic (exact) mass is 269 g/mol. The Balaban J connectivity index is 1.96. The summed E-state index contributed by atoms with van der Waals surface area (Å²) >= 11 is 7.47. The highest BCUT2D eigenvalue weighted by Crippen LogP contribution is 2.29. The summed E-state index contributed by atoms with van der Waals surface area (Å²) in [4.78, 5) is 8.81. The third-order valence-electron chi connectivity index (χ3n) is 2.38. The molecule has 2 heterocycles. The van der Waals surface area contributed by atoms with Crippen molar-refractivity contribution in [3.05, 3.63) is 28.5 Å². The number of imidazole rings is 1. The van der Waals surface area contributed by atoms with Crippen molar-refractivity contribution in [2.24, 2.45) is 0 Å².